The van der Waals surface area contributed by atoms with E-state index in [1.165, 1.54) is 5.56 Å². The van der Waals surface area contributed by atoms with E-state index in [0.717, 1.165) is 18.5 Å². The Bertz CT molecular complexity index is 879. The number of benzene rings is 1. The molecule has 1 aliphatic rings. The first-order valence-electron chi connectivity index (χ1n) is 9.34. The van der Waals surface area contributed by atoms with Gasteiger partial charge in [0.1, 0.15) is 6.04 Å². The molecule has 0 saturated carbocycles. The van der Waals surface area contributed by atoms with Gasteiger partial charge in [0.05, 0.1) is 11.4 Å². The van der Waals surface area contributed by atoms with Gasteiger partial charge < -0.3 is 10.6 Å². The van der Waals surface area contributed by atoms with E-state index in [1.54, 1.807) is 24.5 Å². The Morgan fingerprint density at radius 2 is 2.11 bits per heavy atom. The third-order valence-electron chi connectivity index (χ3n) is 4.52. The van der Waals surface area contributed by atoms with Crippen LogP contribution in [0.4, 0.5) is 5.69 Å². The largest absolute Gasteiger partial charge is 0.338 e. The van der Waals surface area contributed by atoms with Gasteiger partial charge in [-0.25, -0.2) is 4.99 Å². The standard InChI is InChI=1S/C21H23N5O2/c22-19(24-13-5-4-9-15-7-2-1-3-8-15)21(28)26-18-12-11-16-17(25-20(18)27)10-6-14-23-16/h1-3,6-8,10,13-14,18,22H,4-5,9,11-12H2,(H,25,27)(H,26,28)/b22-19?,24-13+/t18-/m0/s1. The Kier molecular flexibility index (Phi) is 6.62. The summed E-state index contributed by atoms with van der Waals surface area (Å²) < 4.78 is 0. The van der Waals surface area contributed by atoms with E-state index < -0.39 is 17.8 Å². The van der Waals surface area contributed by atoms with Crippen molar-refractivity contribution in [1.29, 1.82) is 5.41 Å². The van der Waals surface area contributed by atoms with Gasteiger partial charge in [0.15, 0.2) is 0 Å². The van der Waals surface area contributed by atoms with Crippen molar-refractivity contribution in [3.63, 3.8) is 0 Å². The quantitative estimate of drug-likeness (QED) is 0.423. The lowest BCUT2D eigenvalue weighted by atomic mass is 10.1. The number of unbranched alkanes of at least 4 members (excludes halogenated alkanes) is 1. The average molecular weight is 377 g/mol. The minimum atomic E-state index is -0.713. The van der Waals surface area contributed by atoms with Gasteiger partial charge in [-0.15, -0.1) is 0 Å². The molecule has 1 aliphatic heterocycles. The van der Waals surface area contributed by atoms with Gasteiger partial charge in [-0.3, -0.25) is 20.0 Å². The summed E-state index contributed by atoms with van der Waals surface area (Å²) in [6.07, 6.45) is 6.73. The highest BCUT2D eigenvalue weighted by Crippen LogP contribution is 2.19. The molecule has 0 bridgehead atoms. The summed E-state index contributed by atoms with van der Waals surface area (Å²) >= 11 is 0. The number of fused-ring (bicyclic) bond motifs is 1. The predicted molar refractivity (Wildman–Crippen MR) is 109 cm³/mol. The lowest BCUT2D eigenvalue weighted by Crippen LogP contribution is -2.45. The van der Waals surface area contributed by atoms with Gasteiger partial charge in [-0.05, 0) is 49.8 Å². The lowest BCUT2D eigenvalue weighted by Gasteiger charge is -2.14. The van der Waals surface area contributed by atoms with Crippen molar-refractivity contribution in [2.75, 3.05) is 5.32 Å². The number of hydrogen-bond acceptors (Lipinski definition) is 4. The topological polar surface area (TPSA) is 107 Å². The molecule has 3 N–H and O–H groups in total. The maximum absolute atomic E-state index is 12.3. The SMILES string of the molecule is N=C(/N=C/CCCc1ccccc1)C(=O)N[C@H]1CCc2ncccc2NC1=O. The zero-order valence-electron chi connectivity index (χ0n) is 15.5. The van der Waals surface area contributed by atoms with Crippen LogP contribution >= 0.6 is 0 Å². The van der Waals surface area contributed by atoms with Crippen molar-refractivity contribution in [2.45, 2.75) is 38.1 Å². The van der Waals surface area contributed by atoms with Gasteiger partial charge in [-0.1, -0.05) is 30.3 Å². The molecular weight excluding hydrogens is 354 g/mol. The second kappa shape index (κ2) is 9.55. The molecule has 2 amide bonds. The zero-order chi connectivity index (χ0) is 19.8. The Balaban J connectivity index is 1.45. The molecule has 0 radical (unpaired) electrons. The smallest absolute Gasteiger partial charge is 0.289 e. The van der Waals surface area contributed by atoms with Crippen LogP contribution in [0.15, 0.2) is 53.7 Å². The van der Waals surface area contributed by atoms with E-state index in [1.807, 2.05) is 18.2 Å². The average Bonchev–Trinajstić information content (AvgIpc) is 2.87. The molecule has 1 aromatic heterocycles. The molecular formula is C21H23N5O2. The number of carbonyl (C=O) groups is 2. The molecule has 2 heterocycles. The summed E-state index contributed by atoms with van der Waals surface area (Å²) in [4.78, 5) is 32.6. The van der Waals surface area contributed by atoms with E-state index in [0.29, 0.717) is 24.9 Å². The molecule has 7 nitrogen and oxygen atoms in total. The van der Waals surface area contributed by atoms with E-state index in [-0.39, 0.29) is 5.91 Å². The molecule has 0 aliphatic carbocycles. The maximum Gasteiger partial charge on any atom is 0.289 e. The van der Waals surface area contributed by atoms with Gasteiger partial charge in [0.25, 0.3) is 5.91 Å². The van der Waals surface area contributed by atoms with Crippen LogP contribution in [0.2, 0.25) is 0 Å². The van der Waals surface area contributed by atoms with Crippen LogP contribution in [0.1, 0.15) is 30.5 Å². The number of nitrogens with one attached hydrogen (secondary N) is 3. The highest BCUT2D eigenvalue weighted by Gasteiger charge is 2.26. The summed E-state index contributed by atoms with van der Waals surface area (Å²) in [5, 5.41) is 13.2. The van der Waals surface area contributed by atoms with E-state index in [9.17, 15) is 9.59 Å². The normalized spacial score (nSPS) is 16.1. The number of aryl methyl sites for hydroxylation is 2. The second-order valence-corrected chi connectivity index (χ2v) is 6.59. The van der Waals surface area contributed by atoms with Gasteiger partial charge in [0.2, 0.25) is 11.7 Å². The third-order valence-corrected chi connectivity index (χ3v) is 4.52. The number of pyridine rings is 1. The summed E-state index contributed by atoms with van der Waals surface area (Å²) in [5.41, 5.74) is 2.70. The van der Waals surface area contributed by atoms with Crippen LogP contribution in [0, 0.1) is 5.41 Å². The summed E-state index contributed by atoms with van der Waals surface area (Å²) in [5.74, 6) is -1.36. The minimum Gasteiger partial charge on any atom is -0.338 e. The van der Waals surface area contributed by atoms with Gasteiger partial charge in [0, 0.05) is 12.4 Å². The first kappa shape index (κ1) is 19.4. The molecule has 0 spiro atoms. The molecule has 144 valence electrons. The molecule has 28 heavy (non-hydrogen) atoms. The van der Waals surface area contributed by atoms with Crippen LogP contribution in [0.25, 0.3) is 0 Å². The fraction of sp³-hybridized carbons (Fsp3) is 0.286. The van der Waals surface area contributed by atoms with E-state index in [4.69, 9.17) is 5.41 Å². The molecule has 1 atom stereocenters. The zero-order valence-corrected chi connectivity index (χ0v) is 15.5. The summed E-state index contributed by atoms with van der Waals surface area (Å²) in [7, 11) is 0. The molecule has 0 saturated heterocycles. The van der Waals surface area contributed by atoms with Crippen molar-refractivity contribution in [3.05, 3.63) is 59.9 Å². The van der Waals surface area contributed by atoms with Crippen molar-refractivity contribution in [2.24, 2.45) is 4.99 Å². The molecule has 1 aromatic carbocycles. The highest BCUT2D eigenvalue weighted by molar-refractivity contribution is 6.38. The fourth-order valence-corrected chi connectivity index (χ4v) is 3.00. The monoisotopic (exact) mass is 377 g/mol. The Hall–Kier alpha value is -3.35. The Morgan fingerprint density at radius 3 is 2.93 bits per heavy atom. The lowest BCUT2D eigenvalue weighted by molar-refractivity contribution is -0.123. The number of anilines is 1. The van der Waals surface area contributed by atoms with Crippen molar-refractivity contribution in [1.82, 2.24) is 10.3 Å². The van der Waals surface area contributed by atoms with E-state index >= 15 is 0 Å². The number of carbonyl (C=O) groups excluding carboxylic acids is 2. The van der Waals surface area contributed by atoms with Crippen LogP contribution in [-0.4, -0.2) is 34.9 Å². The fourth-order valence-electron chi connectivity index (χ4n) is 3.00. The van der Waals surface area contributed by atoms with Crippen LogP contribution in [0.5, 0.6) is 0 Å². The Labute approximate surface area is 163 Å². The molecule has 2 aromatic rings. The van der Waals surface area contributed by atoms with Crippen molar-refractivity contribution in [3.8, 4) is 0 Å². The third kappa shape index (κ3) is 5.33. The van der Waals surface area contributed by atoms with Gasteiger partial charge in [-0.2, -0.15) is 0 Å². The van der Waals surface area contributed by atoms with Crippen molar-refractivity contribution >= 4 is 29.6 Å². The highest BCUT2D eigenvalue weighted by atomic mass is 16.2. The second-order valence-electron chi connectivity index (χ2n) is 6.59. The number of amides is 2. The number of aliphatic imine (C=N–C) groups is 1. The first-order valence-corrected chi connectivity index (χ1v) is 9.34. The van der Waals surface area contributed by atoms with Crippen LogP contribution in [-0.2, 0) is 22.4 Å². The van der Waals surface area contributed by atoms with Crippen LogP contribution in [0.3, 0.4) is 0 Å². The number of hydrogen-bond donors (Lipinski definition) is 3. The predicted octanol–water partition coefficient (Wildman–Crippen LogP) is 2.52. The first-order chi connectivity index (χ1) is 13.6. The number of amidine groups is 1. The number of rotatable bonds is 5. The maximum atomic E-state index is 12.3. The van der Waals surface area contributed by atoms with Crippen molar-refractivity contribution < 1.29 is 9.59 Å². The molecule has 0 unspecified atom stereocenters. The van der Waals surface area contributed by atoms with Crippen LogP contribution < -0.4 is 10.6 Å². The molecule has 3 rings (SSSR count). The Morgan fingerprint density at radius 1 is 1.29 bits per heavy atom. The summed E-state index contributed by atoms with van der Waals surface area (Å²) in [6, 6.07) is 12.9. The number of nitrogens with zero attached hydrogens (tertiary/aromatic N) is 2. The molecule has 7 heteroatoms. The van der Waals surface area contributed by atoms with Gasteiger partial charge >= 0.3 is 0 Å². The molecule has 0 fully saturated rings. The number of aromatic nitrogens is 1. The summed E-state index contributed by atoms with van der Waals surface area (Å²) in [6.45, 7) is 0. The van der Waals surface area contributed by atoms with E-state index in [2.05, 4.69) is 32.7 Å². The minimum absolute atomic E-state index is 0.306.